The SMILES string of the molecule is CN(CC(=O)N1CCC(C)(c2noc(-c3cccnc3)n2)CC1)S(=O)(=O)c1cccs1. The van der Waals surface area contributed by atoms with Crippen LogP contribution in [0.4, 0.5) is 0 Å². The third-order valence-electron chi connectivity index (χ3n) is 5.61. The molecule has 1 aliphatic heterocycles. The number of rotatable bonds is 6. The van der Waals surface area contributed by atoms with Crippen LogP contribution in [0.5, 0.6) is 0 Å². The minimum absolute atomic E-state index is 0.190. The van der Waals surface area contributed by atoms with Gasteiger partial charge in [0.05, 0.1) is 12.1 Å². The molecule has 0 radical (unpaired) electrons. The smallest absolute Gasteiger partial charge is 0.259 e. The second-order valence-corrected chi connectivity index (χ2v) is 11.0. The number of amides is 1. The van der Waals surface area contributed by atoms with Crippen molar-refractivity contribution in [2.75, 3.05) is 26.7 Å². The van der Waals surface area contributed by atoms with Crippen LogP contribution in [-0.2, 0) is 20.2 Å². The first kappa shape index (κ1) is 21.6. The number of likely N-dealkylation sites (tertiary alicyclic amines) is 1. The van der Waals surface area contributed by atoms with E-state index in [0.29, 0.717) is 37.6 Å². The molecule has 0 unspecified atom stereocenters. The van der Waals surface area contributed by atoms with Crippen molar-refractivity contribution < 1.29 is 17.7 Å². The molecule has 1 amide bonds. The molecule has 0 bridgehead atoms. The van der Waals surface area contributed by atoms with Crippen LogP contribution in [-0.4, -0.2) is 65.3 Å². The molecule has 0 N–H and O–H groups in total. The summed E-state index contributed by atoms with van der Waals surface area (Å²) in [7, 11) is -2.22. The largest absolute Gasteiger partial charge is 0.341 e. The van der Waals surface area contributed by atoms with Crippen LogP contribution < -0.4 is 0 Å². The van der Waals surface area contributed by atoms with Gasteiger partial charge >= 0.3 is 0 Å². The molecule has 0 aliphatic carbocycles. The van der Waals surface area contributed by atoms with Crippen molar-refractivity contribution in [1.82, 2.24) is 24.3 Å². The van der Waals surface area contributed by atoms with Gasteiger partial charge in [0.15, 0.2) is 5.82 Å². The zero-order valence-corrected chi connectivity index (χ0v) is 18.9. The van der Waals surface area contributed by atoms with Crippen LogP contribution in [0.2, 0.25) is 0 Å². The summed E-state index contributed by atoms with van der Waals surface area (Å²) in [4.78, 5) is 23.0. The summed E-state index contributed by atoms with van der Waals surface area (Å²) in [5, 5.41) is 5.86. The molecule has 0 aromatic carbocycles. The molecule has 3 aromatic rings. The van der Waals surface area contributed by atoms with Gasteiger partial charge in [-0.25, -0.2) is 8.42 Å². The maximum absolute atomic E-state index is 12.7. The summed E-state index contributed by atoms with van der Waals surface area (Å²) in [6, 6.07) is 6.88. The van der Waals surface area contributed by atoms with Gasteiger partial charge in [0.25, 0.3) is 15.9 Å². The van der Waals surface area contributed by atoms with E-state index >= 15 is 0 Å². The van der Waals surface area contributed by atoms with Gasteiger partial charge in [0.2, 0.25) is 5.91 Å². The van der Waals surface area contributed by atoms with Crippen LogP contribution in [0.1, 0.15) is 25.6 Å². The van der Waals surface area contributed by atoms with Crippen molar-refractivity contribution >= 4 is 27.3 Å². The standard InChI is InChI=1S/C20H23N5O4S2/c1-20(19-22-18(29-23-19)15-5-3-9-21-13-15)7-10-25(11-8-20)16(26)14-24(2)31(27,28)17-6-4-12-30-17/h3-6,9,12-13H,7-8,10-11,14H2,1-2H3. The van der Waals surface area contributed by atoms with Crippen LogP contribution in [0, 0.1) is 0 Å². The number of thiophene rings is 1. The van der Waals surface area contributed by atoms with Crippen molar-refractivity contribution in [1.29, 1.82) is 0 Å². The first-order valence-corrected chi connectivity index (χ1v) is 12.1. The highest BCUT2D eigenvalue weighted by molar-refractivity contribution is 7.91. The van der Waals surface area contributed by atoms with E-state index in [-0.39, 0.29) is 22.1 Å². The van der Waals surface area contributed by atoms with Gasteiger partial charge in [0, 0.05) is 37.9 Å². The van der Waals surface area contributed by atoms with Gasteiger partial charge in [-0.05, 0) is 36.4 Å². The fourth-order valence-corrected chi connectivity index (χ4v) is 5.81. The van der Waals surface area contributed by atoms with E-state index in [1.807, 2.05) is 6.07 Å². The molecule has 1 saturated heterocycles. The minimum atomic E-state index is -3.65. The number of carbonyl (C=O) groups excluding carboxylic acids is 1. The number of hydrogen-bond acceptors (Lipinski definition) is 8. The first-order chi connectivity index (χ1) is 14.8. The fraction of sp³-hybridized carbons (Fsp3) is 0.400. The van der Waals surface area contributed by atoms with Crippen molar-refractivity contribution in [3.05, 3.63) is 47.9 Å². The quantitative estimate of drug-likeness (QED) is 0.554. The van der Waals surface area contributed by atoms with Crippen LogP contribution in [0.15, 0.2) is 50.8 Å². The average Bonchev–Trinajstić information content (AvgIpc) is 3.48. The molecule has 1 fully saturated rings. The molecule has 1 aliphatic rings. The van der Waals surface area contributed by atoms with Crippen molar-refractivity contribution in [3.63, 3.8) is 0 Å². The van der Waals surface area contributed by atoms with E-state index in [4.69, 9.17) is 4.52 Å². The molecule has 11 heteroatoms. The van der Waals surface area contributed by atoms with Crippen LogP contribution in [0.25, 0.3) is 11.5 Å². The monoisotopic (exact) mass is 461 g/mol. The molecule has 31 heavy (non-hydrogen) atoms. The van der Waals surface area contributed by atoms with Crippen molar-refractivity contribution in [2.45, 2.75) is 29.4 Å². The maximum atomic E-state index is 12.7. The number of nitrogens with zero attached hydrogens (tertiary/aromatic N) is 5. The molecule has 0 saturated carbocycles. The number of piperidine rings is 1. The zero-order chi connectivity index (χ0) is 22.1. The Morgan fingerprint density at radius 2 is 2.06 bits per heavy atom. The normalized spacial score (nSPS) is 16.5. The van der Waals surface area contributed by atoms with Gasteiger partial charge in [-0.3, -0.25) is 9.78 Å². The Morgan fingerprint density at radius 1 is 1.29 bits per heavy atom. The number of pyridine rings is 1. The summed E-state index contributed by atoms with van der Waals surface area (Å²) in [5.74, 6) is 0.813. The van der Waals surface area contributed by atoms with E-state index in [2.05, 4.69) is 22.0 Å². The Morgan fingerprint density at radius 3 is 2.71 bits per heavy atom. The fourth-order valence-electron chi connectivity index (χ4n) is 3.49. The summed E-state index contributed by atoms with van der Waals surface area (Å²) < 4.78 is 31.9. The Bertz CT molecular complexity index is 1140. The third-order valence-corrected chi connectivity index (χ3v) is 8.79. The van der Waals surface area contributed by atoms with Crippen LogP contribution in [0.3, 0.4) is 0 Å². The molecular weight excluding hydrogens is 438 g/mol. The van der Waals surface area contributed by atoms with E-state index in [9.17, 15) is 13.2 Å². The number of aromatic nitrogens is 3. The molecular formula is C20H23N5O4S2. The van der Waals surface area contributed by atoms with Gasteiger partial charge in [-0.2, -0.15) is 9.29 Å². The lowest BCUT2D eigenvalue weighted by atomic mass is 9.79. The van der Waals surface area contributed by atoms with Gasteiger partial charge in [-0.15, -0.1) is 11.3 Å². The highest BCUT2D eigenvalue weighted by atomic mass is 32.2. The predicted molar refractivity (Wildman–Crippen MR) is 115 cm³/mol. The summed E-state index contributed by atoms with van der Waals surface area (Å²) in [6.07, 6.45) is 4.66. The highest BCUT2D eigenvalue weighted by Gasteiger charge is 2.38. The molecule has 3 aromatic heterocycles. The second-order valence-electron chi connectivity index (χ2n) is 7.80. The summed E-state index contributed by atoms with van der Waals surface area (Å²) in [5.41, 5.74) is 0.433. The lowest BCUT2D eigenvalue weighted by Crippen LogP contribution is -2.47. The van der Waals surface area contributed by atoms with E-state index in [0.717, 1.165) is 21.2 Å². The number of sulfonamides is 1. The summed E-state index contributed by atoms with van der Waals surface area (Å²) in [6.45, 7) is 2.86. The second kappa shape index (κ2) is 8.48. The summed E-state index contributed by atoms with van der Waals surface area (Å²) >= 11 is 1.14. The van der Waals surface area contributed by atoms with Gasteiger partial charge in [-0.1, -0.05) is 18.1 Å². The Kier molecular flexibility index (Phi) is 5.91. The predicted octanol–water partition coefficient (Wildman–Crippen LogP) is 2.39. The highest BCUT2D eigenvalue weighted by Crippen LogP contribution is 2.34. The molecule has 0 atom stereocenters. The lowest BCUT2D eigenvalue weighted by molar-refractivity contribution is -0.132. The lowest BCUT2D eigenvalue weighted by Gasteiger charge is -2.37. The third kappa shape index (κ3) is 4.39. The maximum Gasteiger partial charge on any atom is 0.259 e. The number of carbonyl (C=O) groups is 1. The molecule has 0 spiro atoms. The van der Waals surface area contributed by atoms with E-state index in [1.165, 1.54) is 13.1 Å². The number of hydrogen-bond donors (Lipinski definition) is 0. The Labute approximate surface area is 184 Å². The molecule has 9 nitrogen and oxygen atoms in total. The van der Waals surface area contributed by atoms with Gasteiger partial charge < -0.3 is 9.42 Å². The van der Waals surface area contributed by atoms with Crippen molar-refractivity contribution in [3.8, 4) is 11.5 Å². The molecule has 164 valence electrons. The zero-order valence-electron chi connectivity index (χ0n) is 17.3. The molecule has 4 rings (SSSR count). The Hall–Kier alpha value is -2.63. The molecule has 4 heterocycles. The van der Waals surface area contributed by atoms with Gasteiger partial charge in [0.1, 0.15) is 4.21 Å². The first-order valence-electron chi connectivity index (χ1n) is 9.82. The topological polar surface area (TPSA) is 110 Å². The van der Waals surface area contributed by atoms with E-state index in [1.54, 1.807) is 34.8 Å². The van der Waals surface area contributed by atoms with E-state index < -0.39 is 10.0 Å². The minimum Gasteiger partial charge on any atom is -0.341 e. The number of likely N-dealkylation sites (N-methyl/N-ethyl adjacent to an activating group) is 1. The van der Waals surface area contributed by atoms with Crippen LogP contribution >= 0.6 is 11.3 Å². The average molecular weight is 462 g/mol. The Balaban J connectivity index is 1.38. The van der Waals surface area contributed by atoms with Crippen molar-refractivity contribution in [2.24, 2.45) is 0 Å².